The average molecular weight is 323 g/mol. The third kappa shape index (κ3) is 2.79. The molecule has 3 aromatic rings. The molecule has 122 valence electrons. The minimum Gasteiger partial charge on any atom is -0.493 e. The fraction of sp³-hybridized carbons (Fsp3) is 0.167. The number of amides is 1. The molecule has 0 spiro atoms. The number of rotatable bonds is 4. The van der Waals surface area contributed by atoms with E-state index < -0.39 is 12.0 Å². The normalized spacial score (nSPS) is 12.8. The second-order valence-electron chi connectivity index (χ2n) is 5.29. The molecule has 0 aliphatic heterocycles. The molecule has 24 heavy (non-hydrogen) atoms. The highest BCUT2D eigenvalue weighted by atomic mass is 16.3. The summed E-state index contributed by atoms with van der Waals surface area (Å²) in [4.78, 5) is 12.0. The number of nitrogens with zero attached hydrogens (tertiary/aromatic N) is 3. The molecular weight excluding hydrogens is 306 g/mol. The average Bonchev–Trinajstić information content (AvgIpc) is 2.90. The predicted molar refractivity (Wildman–Crippen MR) is 90.2 cm³/mol. The predicted octanol–water partition coefficient (Wildman–Crippen LogP) is 3.71. The van der Waals surface area contributed by atoms with Crippen LogP contribution in [0.3, 0.4) is 0 Å². The van der Waals surface area contributed by atoms with E-state index in [-0.39, 0.29) is 11.6 Å². The van der Waals surface area contributed by atoms with Crippen molar-refractivity contribution in [1.82, 2.24) is 4.57 Å². The van der Waals surface area contributed by atoms with Crippen LogP contribution in [0.4, 0.5) is 5.69 Å². The fourth-order valence-electron chi connectivity index (χ4n) is 2.62. The van der Waals surface area contributed by atoms with Gasteiger partial charge in [-0.3, -0.25) is 4.79 Å². The molecule has 6 heteroatoms. The van der Waals surface area contributed by atoms with E-state index in [4.69, 9.17) is 0 Å². The number of azo groups is 1. The van der Waals surface area contributed by atoms with Gasteiger partial charge in [-0.25, -0.2) is 0 Å². The second-order valence-corrected chi connectivity index (χ2v) is 5.29. The van der Waals surface area contributed by atoms with E-state index in [0.29, 0.717) is 17.5 Å². The Kier molecular flexibility index (Phi) is 4.39. The first-order valence-corrected chi connectivity index (χ1v) is 7.62. The first-order chi connectivity index (χ1) is 11.6. The number of fused-ring (bicyclic) bond motifs is 1. The summed E-state index contributed by atoms with van der Waals surface area (Å²) in [6.07, 6.45) is -1.38. The minimum atomic E-state index is -1.38. The lowest BCUT2D eigenvalue weighted by Gasteiger charge is -2.05. The molecule has 0 radical (unpaired) electrons. The van der Waals surface area contributed by atoms with Crippen molar-refractivity contribution in [3.8, 4) is 5.88 Å². The molecule has 0 fully saturated rings. The molecule has 0 bridgehead atoms. The van der Waals surface area contributed by atoms with E-state index in [1.807, 2.05) is 25.1 Å². The van der Waals surface area contributed by atoms with E-state index in [9.17, 15) is 15.0 Å². The lowest BCUT2D eigenvalue weighted by atomic mass is 10.1. The number of aryl methyl sites for hydroxylation is 1. The largest absolute Gasteiger partial charge is 0.493 e. The summed E-state index contributed by atoms with van der Waals surface area (Å²) >= 11 is 0. The van der Waals surface area contributed by atoms with E-state index in [0.717, 1.165) is 5.52 Å². The molecule has 1 amide bonds. The second kappa shape index (κ2) is 6.64. The Labute approximate surface area is 138 Å². The monoisotopic (exact) mass is 323 g/mol. The maximum Gasteiger partial charge on any atom is 0.297 e. The van der Waals surface area contributed by atoms with Gasteiger partial charge in [0.05, 0.1) is 5.52 Å². The first-order valence-electron chi connectivity index (χ1n) is 7.62. The number of carbonyl (C=O) groups excluding carboxylic acids is 1. The lowest BCUT2D eigenvalue weighted by Crippen LogP contribution is -2.08. The van der Waals surface area contributed by atoms with Crippen molar-refractivity contribution in [3.05, 3.63) is 60.2 Å². The van der Waals surface area contributed by atoms with Crippen molar-refractivity contribution >= 4 is 22.5 Å². The van der Waals surface area contributed by atoms with Crippen molar-refractivity contribution in [2.24, 2.45) is 10.2 Å². The van der Waals surface area contributed by atoms with Crippen molar-refractivity contribution in [3.63, 3.8) is 0 Å². The number of hydrogen-bond acceptors (Lipinski definition) is 4. The molecule has 2 aromatic carbocycles. The summed E-state index contributed by atoms with van der Waals surface area (Å²) in [5.74, 6) is -0.835. The standard InChI is InChI=1S/C18H17N3O3/c1-2-21-14-11-7-6-10-13(14)15(18(21)24)19-20-17(23)16(22)12-8-4-3-5-9-12/h3-11,16,22,24H,2H2,1H3/t16-/m1/s1. The van der Waals surface area contributed by atoms with E-state index in [1.54, 1.807) is 41.0 Å². The summed E-state index contributed by atoms with van der Waals surface area (Å²) < 4.78 is 1.68. The van der Waals surface area contributed by atoms with Crippen molar-refractivity contribution in [2.75, 3.05) is 0 Å². The Morgan fingerprint density at radius 2 is 1.79 bits per heavy atom. The zero-order chi connectivity index (χ0) is 17.1. The van der Waals surface area contributed by atoms with Gasteiger partial charge in [-0.1, -0.05) is 48.5 Å². The molecule has 0 unspecified atom stereocenters. The van der Waals surface area contributed by atoms with Crippen molar-refractivity contribution < 1.29 is 15.0 Å². The number of aliphatic hydroxyl groups is 1. The van der Waals surface area contributed by atoms with E-state index >= 15 is 0 Å². The van der Waals surface area contributed by atoms with Gasteiger partial charge in [0.15, 0.2) is 11.8 Å². The highest BCUT2D eigenvalue weighted by Gasteiger charge is 2.19. The molecule has 1 atom stereocenters. The molecule has 1 aromatic heterocycles. The molecule has 0 aliphatic rings. The van der Waals surface area contributed by atoms with Crippen LogP contribution >= 0.6 is 0 Å². The maximum atomic E-state index is 12.0. The van der Waals surface area contributed by atoms with Crippen LogP contribution in [0.2, 0.25) is 0 Å². The van der Waals surface area contributed by atoms with Gasteiger partial charge in [-0.05, 0) is 18.6 Å². The summed E-state index contributed by atoms with van der Waals surface area (Å²) in [5.41, 5.74) is 1.48. The van der Waals surface area contributed by atoms with Crippen LogP contribution < -0.4 is 0 Å². The lowest BCUT2D eigenvalue weighted by molar-refractivity contribution is -0.126. The number of benzene rings is 2. The van der Waals surface area contributed by atoms with Gasteiger partial charge in [-0.15, -0.1) is 10.2 Å². The quantitative estimate of drug-likeness (QED) is 0.717. The number of aliphatic hydroxyl groups excluding tert-OH is 1. The Morgan fingerprint density at radius 1 is 1.12 bits per heavy atom. The fourth-order valence-corrected chi connectivity index (χ4v) is 2.62. The molecular formula is C18H17N3O3. The highest BCUT2D eigenvalue weighted by Crippen LogP contribution is 2.38. The van der Waals surface area contributed by atoms with Gasteiger partial charge in [0.25, 0.3) is 5.91 Å². The molecule has 0 saturated heterocycles. The molecule has 0 aliphatic carbocycles. The molecule has 3 rings (SSSR count). The van der Waals surface area contributed by atoms with Gasteiger partial charge in [0.2, 0.25) is 5.88 Å². The van der Waals surface area contributed by atoms with Crippen LogP contribution in [-0.4, -0.2) is 20.7 Å². The van der Waals surface area contributed by atoms with Gasteiger partial charge in [-0.2, -0.15) is 0 Å². The van der Waals surface area contributed by atoms with E-state index in [2.05, 4.69) is 10.2 Å². The number of aromatic nitrogens is 1. The number of para-hydroxylation sites is 1. The van der Waals surface area contributed by atoms with Crippen LogP contribution in [0.25, 0.3) is 10.9 Å². The topological polar surface area (TPSA) is 87.2 Å². The zero-order valence-electron chi connectivity index (χ0n) is 13.1. The summed E-state index contributed by atoms with van der Waals surface area (Å²) in [5, 5.41) is 28.5. The van der Waals surface area contributed by atoms with Gasteiger partial charge in [0.1, 0.15) is 0 Å². The van der Waals surface area contributed by atoms with Crippen LogP contribution in [0.5, 0.6) is 5.88 Å². The highest BCUT2D eigenvalue weighted by molar-refractivity contribution is 5.95. The number of aromatic hydroxyl groups is 1. The maximum absolute atomic E-state index is 12.0. The first kappa shape index (κ1) is 15.9. The number of carbonyl (C=O) groups is 1. The van der Waals surface area contributed by atoms with Crippen LogP contribution in [-0.2, 0) is 11.3 Å². The Morgan fingerprint density at radius 3 is 2.50 bits per heavy atom. The van der Waals surface area contributed by atoms with Gasteiger partial charge >= 0.3 is 0 Å². The van der Waals surface area contributed by atoms with Crippen molar-refractivity contribution in [1.29, 1.82) is 0 Å². The summed E-state index contributed by atoms with van der Waals surface area (Å²) in [7, 11) is 0. The Balaban J connectivity index is 1.94. The Hall–Kier alpha value is -2.99. The molecule has 0 saturated carbocycles. The summed E-state index contributed by atoms with van der Waals surface area (Å²) in [6, 6.07) is 15.9. The summed E-state index contributed by atoms with van der Waals surface area (Å²) in [6.45, 7) is 2.46. The smallest absolute Gasteiger partial charge is 0.297 e. The van der Waals surface area contributed by atoms with Gasteiger partial charge in [0, 0.05) is 11.9 Å². The van der Waals surface area contributed by atoms with Crippen LogP contribution in [0.15, 0.2) is 64.8 Å². The van der Waals surface area contributed by atoms with Crippen molar-refractivity contribution in [2.45, 2.75) is 19.6 Å². The van der Waals surface area contributed by atoms with Crippen LogP contribution in [0.1, 0.15) is 18.6 Å². The number of hydrogen-bond donors (Lipinski definition) is 2. The molecule has 2 N–H and O–H groups in total. The van der Waals surface area contributed by atoms with Crippen LogP contribution in [0, 0.1) is 0 Å². The Bertz CT molecular complexity index is 901. The van der Waals surface area contributed by atoms with Gasteiger partial charge < -0.3 is 14.8 Å². The van der Waals surface area contributed by atoms with E-state index in [1.165, 1.54) is 0 Å². The third-order valence-electron chi connectivity index (χ3n) is 3.83. The SMILES string of the molecule is CCn1c(O)c(N=NC(=O)[C@H](O)c2ccccc2)c2ccccc21. The zero-order valence-corrected chi connectivity index (χ0v) is 13.1. The third-order valence-corrected chi connectivity index (χ3v) is 3.83. The minimum absolute atomic E-state index is 0.0514. The molecule has 1 heterocycles. The molecule has 6 nitrogen and oxygen atoms in total.